The van der Waals surface area contributed by atoms with Crippen molar-refractivity contribution in [3.8, 4) is 17.1 Å². The molecule has 0 saturated carbocycles. The van der Waals surface area contributed by atoms with E-state index in [1.165, 1.54) is 23.9 Å². The average molecular weight is 460 g/mol. The molecule has 0 aliphatic rings. The summed E-state index contributed by atoms with van der Waals surface area (Å²) >= 11 is 1.28. The standard InChI is InChI=1S/C25H22FN5OS/c1-17-8-10-20(11-9-17)24-29-30-25(31(24)22-6-4-3-5-7-22)33-16-23(32)28-27-18(2)19-12-14-21(26)15-13-19/h3-15H,16H2,1-2H3,(H,28,32)/b27-18-. The number of halogens is 1. The molecule has 1 aromatic heterocycles. The lowest BCUT2D eigenvalue weighted by atomic mass is 10.1. The van der Waals surface area contributed by atoms with Crippen molar-refractivity contribution in [3.05, 3.63) is 95.8 Å². The lowest BCUT2D eigenvalue weighted by molar-refractivity contribution is -0.118. The fourth-order valence-corrected chi connectivity index (χ4v) is 3.87. The number of aryl methyl sites for hydroxylation is 1. The summed E-state index contributed by atoms with van der Waals surface area (Å²) < 4.78 is 15.0. The molecular formula is C25H22FN5OS. The van der Waals surface area contributed by atoms with Crippen molar-refractivity contribution in [1.82, 2.24) is 20.2 Å². The minimum Gasteiger partial charge on any atom is -0.272 e. The molecular weight excluding hydrogens is 437 g/mol. The van der Waals surface area contributed by atoms with Gasteiger partial charge >= 0.3 is 0 Å². The highest BCUT2D eigenvalue weighted by Crippen LogP contribution is 2.28. The van der Waals surface area contributed by atoms with E-state index >= 15 is 0 Å². The Bertz CT molecular complexity index is 1270. The number of para-hydroxylation sites is 1. The average Bonchev–Trinajstić information content (AvgIpc) is 3.26. The number of carbonyl (C=O) groups is 1. The highest BCUT2D eigenvalue weighted by molar-refractivity contribution is 7.99. The van der Waals surface area contributed by atoms with Gasteiger partial charge in [-0.15, -0.1) is 10.2 Å². The molecule has 0 spiro atoms. The summed E-state index contributed by atoms with van der Waals surface area (Å²) in [5.74, 6) is 0.216. The predicted octanol–water partition coefficient (Wildman–Crippen LogP) is 5.01. The fraction of sp³-hybridized carbons (Fsp3) is 0.120. The highest BCUT2D eigenvalue weighted by atomic mass is 32.2. The zero-order valence-electron chi connectivity index (χ0n) is 18.2. The van der Waals surface area contributed by atoms with E-state index in [1.54, 1.807) is 19.1 Å². The summed E-state index contributed by atoms with van der Waals surface area (Å²) in [4.78, 5) is 12.4. The van der Waals surface area contributed by atoms with Crippen LogP contribution in [0.3, 0.4) is 0 Å². The number of hydrogen-bond acceptors (Lipinski definition) is 5. The summed E-state index contributed by atoms with van der Waals surface area (Å²) in [7, 11) is 0. The van der Waals surface area contributed by atoms with Crippen LogP contribution < -0.4 is 5.43 Å². The Hall–Kier alpha value is -3.78. The van der Waals surface area contributed by atoms with Crippen LogP contribution in [0.2, 0.25) is 0 Å². The molecule has 1 amide bonds. The third-order valence-electron chi connectivity index (χ3n) is 4.90. The molecule has 8 heteroatoms. The van der Waals surface area contributed by atoms with Gasteiger partial charge in [0.1, 0.15) is 5.82 Å². The van der Waals surface area contributed by atoms with Gasteiger partial charge in [0.2, 0.25) is 0 Å². The molecule has 0 aliphatic heterocycles. The Morgan fingerprint density at radius 2 is 1.70 bits per heavy atom. The second-order valence-electron chi connectivity index (χ2n) is 7.37. The van der Waals surface area contributed by atoms with E-state index in [1.807, 2.05) is 66.1 Å². The first kappa shape index (κ1) is 22.4. The molecule has 6 nitrogen and oxygen atoms in total. The molecule has 4 rings (SSSR count). The van der Waals surface area contributed by atoms with Crippen molar-refractivity contribution in [2.45, 2.75) is 19.0 Å². The Morgan fingerprint density at radius 1 is 1.00 bits per heavy atom. The van der Waals surface area contributed by atoms with E-state index < -0.39 is 0 Å². The highest BCUT2D eigenvalue weighted by Gasteiger charge is 2.17. The monoisotopic (exact) mass is 459 g/mol. The van der Waals surface area contributed by atoms with Crippen LogP contribution in [-0.4, -0.2) is 32.1 Å². The number of rotatable bonds is 7. The number of carbonyl (C=O) groups excluding carboxylic acids is 1. The number of nitrogens with one attached hydrogen (secondary N) is 1. The Labute approximate surface area is 195 Å². The van der Waals surface area contributed by atoms with Crippen LogP contribution in [0, 0.1) is 12.7 Å². The van der Waals surface area contributed by atoms with Gasteiger partial charge in [0.25, 0.3) is 5.91 Å². The molecule has 0 aliphatic carbocycles. The van der Waals surface area contributed by atoms with Gasteiger partial charge in [-0.3, -0.25) is 9.36 Å². The smallest absolute Gasteiger partial charge is 0.250 e. The van der Waals surface area contributed by atoms with Crippen LogP contribution in [0.4, 0.5) is 4.39 Å². The van der Waals surface area contributed by atoms with E-state index in [-0.39, 0.29) is 17.5 Å². The van der Waals surface area contributed by atoms with E-state index in [0.29, 0.717) is 16.7 Å². The molecule has 33 heavy (non-hydrogen) atoms. The van der Waals surface area contributed by atoms with Gasteiger partial charge in [0.15, 0.2) is 11.0 Å². The molecule has 1 N–H and O–H groups in total. The Morgan fingerprint density at radius 3 is 2.39 bits per heavy atom. The van der Waals surface area contributed by atoms with Crippen molar-refractivity contribution in [2.24, 2.45) is 5.10 Å². The molecule has 0 unspecified atom stereocenters. The third kappa shape index (κ3) is 5.53. The number of hydrazone groups is 1. The summed E-state index contributed by atoms with van der Waals surface area (Å²) in [6.07, 6.45) is 0. The van der Waals surface area contributed by atoms with Crippen LogP contribution in [0.1, 0.15) is 18.1 Å². The SMILES string of the molecule is C/C(=N/NC(=O)CSc1nnc(-c2ccc(C)cc2)n1-c1ccccc1)c1ccc(F)cc1. The first-order valence-corrected chi connectivity index (χ1v) is 11.3. The van der Waals surface area contributed by atoms with Gasteiger partial charge < -0.3 is 0 Å². The molecule has 4 aromatic rings. The van der Waals surface area contributed by atoms with E-state index in [4.69, 9.17) is 0 Å². The Balaban J connectivity index is 1.51. The summed E-state index contributed by atoms with van der Waals surface area (Å²) in [6, 6.07) is 23.8. The van der Waals surface area contributed by atoms with Crippen LogP contribution in [0.15, 0.2) is 89.1 Å². The number of aromatic nitrogens is 3. The van der Waals surface area contributed by atoms with Gasteiger partial charge in [-0.1, -0.05) is 71.9 Å². The molecule has 0 radical (unpaired) electrons. The van der Waals surface area contributed by atoms with Crippen molar-refractivity contribution < 1.29 is 9.18 Å². The zero-order chi connectivity index (χ0) is 23.2. The number of hydrogen-bond donors (Lipinski definition) is 1. The van der Waals surface area contributed by atoms with Crippen LogP contribution in [0.25, 0.3) is 17.1 Å². The van der Waals surface area contributed by atoms with Crippen LogP contribution in [-0.2, 0) is 4.79 Å². The van der Waals surface area contributed by atoms with Crippen LogP contribution in [0.5, 0.6) is 0 Å². The zero-order valence-corrected chi connectivity index (χ0v) is 19.0. The maximum absolute atomic E-state index is 13.1. The lowest BCUT2D eigenvalue weighted by Crippen LogP contribution is -2.21. The maximum atomic E-state index is 13.1. The van der Waals surface area contributed by atoms with E-state index in [2.05, 4.69) is 20.7 Å². The normalized spacial score (nSPS) is 11.4. The summed E-state index contributed by atoms with van der Waals surface area (Å²) in [5, 5.41) is 13.5. The van der Waals surface area contributed by atoms with Crippen LogP contribution >= 0.6 is 11.8 Å². The quantitative estimate of drug-likeness (QED) is 0.239. The van der Waals surface area contributed by atoms with E-state index in [9.17, 15) is 9.18 Å². The lowest BCUT2D eigenvalue weighted by Gasteiger charge is -2.10. The molecule has 1 heterocycles. The molecule has 0 saturated heterocycles. The minimum absolute atomic E-state index is 0.110. The Kier molecular flexibility index (Phi) is 6.95. The largest absolute Gasteiger partial charge is 0.272 e. The van der Waals surface area contributed by atoms with Crippen molar-refractivity contribution in [1.29, 1.82) is 0 Å². The maximum Gasteiger partial charge on any atom is 0.250 e. The second-order valence-corrected chi connectivity index (χ2v) is 8.31. The number of thioether (sulfide) groups is 1. The minimum atomic E-state index is -0.320. The molecule has 0 bridgehead atoms. The fourth-order valence-electron chi connectivity index (χ4n) is 3.13. The second kappa shape index (κ2) is 10.2. The van der Waals surface area contributed by atoms with Crippen molar-refractivity contribution >= 4 is 23.4 Å². The van der Waals surface area contributed by atoms with Gasteiger partial charge in [-0.2, -0.15) is 5.10 Å². The van der Waals surface area contributed by atoms with Gasteiger partial charge in [0.05, 0.1) is 11.5 Å². The molecule has 0 atom stereocenters. The van der Waals surface area contributed by atoms with Crippen molar-refractivity contribution in [2.75, 3.05) is 5.75 Å². The molecule has 0 fully saturated rings. The first-order chi connectivity index (χ1) is 16.0. The van der Waals surface area contributed by atoms with Gasteiger partial charge in [0, 0.05) is 11.3 Å². The predicted molar refractivity (Wildman–Crippen MR) is 129 cm³/mol. The summed E-state index contributed by atoms with van der Waals surface area (Å²) in [5.41, 5.74) is 6.87. The number of nitrogens with zero attached hydrogens (tertiary/aromatic N) is 4. The van der Waals surface area contributed by atoms with E-state index in [0.717, 1.165) is 22.4 Å². The molecule has 166 valence electrons. The number of benzene rings is 3. The first-order valence-electron chi connectivity index (χ1n) is 10.3. The third-order valence-corrected chi connectivity index (χ3v) is 5.83. The van der Waals surface area contributed by atoms with Gasteiger partial charge in [-0.05, 0) is 43.7 Å². The molecule has 3 aromatic carbocycles. The topological polar surface area (TPSA) is 72.2 Å². The van der Waals surface area contributed by atoms with Gasteiger partial charge in [-0.25, -0.2) is 9.82 Å². The number of amides is 1. The van der Waals surface area contributed by atoms with Crippen molar-refractivity contribution in [3.63, 3.8) is 0 Å². The summed E-state index contributed by atoms with van der Waals surface area (Å²) in [6.45, 7) is 3.78.